The molecule has 1 aliphatic carbocycles. The van der Waals surface area contributed by atoms with E-state index in [2.05, 4.69) is 22.5 Å². The molecule has 1 aromatic heterocycles. The van der Waals surface area contributed by atoms with Gasteiger partial charge in [-0.15, -0.1) is 0 Å². The second-order valence-electron chi connectivity index (χ2n) is 5.33. The highest BCUT2D eigenvalue weighted by Crippen LogP contribution is 2.20. The van der Waals surface area contributed by atoms with Gasteiger partial charge in [0, 0.05) is 19.7 Å². The van der Waals surface area contributed by atoms with Crippen molar-refractivity contribution in [1.29, 1.82) is 0 Å². The number of guanidine groups is 1. The van der Waals surface area contributed by atoms with E-state index in [1.807, 2.05) is 12.1 Å². The van der Waals surface area contributed by atoms with E-state index in [1.54, 1.807) is 6.26 Å². The van der Waals surface area contributed by atoms with Crippen molar-refractivity contribution in [3.8, 4) is 0 Å². The molecule has 1 fully saturated rings. The Balaban J connectivity index is 1.61. The molecule has 118 valence electrons. The third-order valence-electron chi connectivity index (χ3n) is 3.59. The van der Waals surface area contributed by atoms with E-state index in [-0.39, 0.29) is 0 Å². The van der Waals surface area contributed by atoms with Gasteiger partial charge in [0.2, 0.25) is 0 Å². The van der Waals surface area contributed by atoms with Gasteiger partial charge in [-0.05, 0) is 38.3 Å². The molecule has 0 radical (unpaired) electrons. The molecule has 2 N–H and O–H groups in total. The molecular weight excluding hydrogens is 266 g/mol. The Morgan fingerprint density at radius 2 is 2.24 bits per heavy atom. The predicted molar refractivity (Wildman–Crippen MR) is 84.4 cm³/mol. The Bertz CT molecular complexity index is 398. The molecular formula is C16H27N3O2. The van der Waals surface area contributed by atoms with Crippen molar-refractivity contribution in [2.75, 3.05) is 19.7 Å². The van der Waals surface area contributed by atoms with Crippen molar-refractivity contribution < 1.29 is 9.15 Å². The lowest BCUT2D eigenvalue weighted by molar-refractivity contribution is 0.0574. The molecule has 5 nitrogen and oxygen atoms in total. The highest BCUT2D eigenvalue weighted by molar-refractivity contribution is 5.79. The van der Waals surface area contributed by atoms with Crippen LogP contribution in [0.3, 0.4) is 0 Å². The summed E-state index contributed by atoms with van der Waals surface area (Å²) >= 11 is 0. The van der Waals surface area contributed by atoms with Gasteiger partial charge in [0.15, 0.2) is 5.96 Å². The molecule has 0 saturated heterocycles. The van der Waals surface area contributed by atoms with Crippen LogP contribution in [-0.4, -0.2) is 31.8 Å². The predicted octanol–water partition coefficient (Wildman–Crippen LogP) is 2.68. The van der Waals surface area contributed by atoms with E-state index in [9.17, 15) is 0 Å². The molecule has 1 saturated carbocycles. The molecule has 0 aliphatic heterocycles. The highest BCUT2D eigenvalue weighted by Gasteiger charge is 2.14. The van der Waals surface area contributed by atoms with Gasteiger partial charge in [-0.25, -0.2) is 4.99 Å². The van der Waals surface area contributed by atoms with E-state index < -0.39 is 0 Å². The molecule has 21 heavy (non-hydrogen) atoms. The van der Waals surface area contributed by atoms with Gasteiger partial charge in [0.1, 0.15) is 12.3 Å². The number of furan rings is 1. The van der Waals surface area contributed by atoms with Gasteiger partial charge in [0.25, 0.3) is 0 Å². The molecule has 1 aliphatic rings. The molecule has 5 heteroatoms. The Morgan fingerprint density at radius 3 is 2.95 bits per heavy atom. The third-order valence-corrected chi connectivity index (χ3v) is 3.59. The van der Waals surface area contributed by atoms with Crippen LogP contribution >= 0.6 is 0 Å². The largest absolute Gasteiger partial charge is 0.467 e. The summed E-state index contributed by atoms with van der Waals surface area (Å²) < 4.78 is 11.1. The van der Waals surface area contributed by atoms with Crippen molar-refractivity contribution >= 4 is 5.96 Å². The van der Waals surface area contributed by atoms with Crippen molar-refractivity contribution in [3.05, 3.63) is 24.2 Å². The van der Waals surface area contributed by atoms with Gasteiger partial charge >= 0.3 is 0 Å². The first kappa shape index (κ1) is 15.9. The third kappa shape index (κ3) is 6.21. The summed E-state index contributed by atoms with van der Waals surface area (Å²) in [6.45, 7) is 5.17. The van der Waals surface area contributed by atoms with Gasteiger partial charge < -0.3 is 19.8 Å². The molecule has 0 bridgehead atoms. The Hall–Kier alpha value is -1.49. The standard InChI is InChI=1S/C16H27N3O2/c1-2-17-16(19-13-15-9-5-11-21-15)18-10-6-12-20-14-7-3-4-8-14/h5,9,11,14H,2-4,6-8,10,12-13H2,1H3,(H2,17,18,19). The molecule has 0 spiro atoms. The van der Waals surface area contributed by atoms with Crippen LogP contribution in [0.4, 0.5) is 0 Å². The summed E-state index contributed by atoms with van der Waals surface area (Å²) in [5.74, 6) is 1.70. The van der Waals surface area contributed by atoms with Gasteiger partial charge in [0.05, 0.1) is 12.4 Å². The molecule has 0 aromatic carbocycles. The number of hydrogen-bond acceptors (Lipinski definition) is 3. The number of nitrogens with one attached hydrogen (secondary N) is 2. The fourth-order valence-corrected chi connectivity index (χ4v) is 2.49. The minimum atomic E-state index is 0.505. The minimum absolute atomic E-state index is 0.505. The van der Waals surface area contributed by atoms with Crippen molar-refractivity contribution in [1.82, 2.24) is 10.6 Å². The number of hydrogen-bond donors (Lipinski definition) is 2. The first-order chi connectivity index (χ1) is 10.4. The number of aliphatic imine (C=N–C) groups is 1. The molecule has 1 heterocycles. The number of ether oxygens (including phenoxy) is 1. The van der Waals surface area contributed by atoms with Crippen molar-refractivity contribution in [3.63, 3.8) is 0 Å². The normalized spacial score (nSPS) is 16.3. The van der Waals surface area contributed by atoms with Crippen LogP contribution in [0.2, 0.25) is 0 Å². The zero-order valence-corrected chi connectivity index (χ0v) is 12.9. The van der Waals surface area contributed by atoms with Crippen molar-refractivity contribution in [2.24, 2.45) is 4.99 Å². The van der Waals surface area contributed by atoms with E-state index in [0.29, 0.717) is 12.6 Å². The van der Waals surface area contributed by atoms with Crippen LogP contribution in [0.1, 0.15) is 44.8 Å². The fraction of sp³-hybridized carbons (Fsp3) is 0.688. The first-order valence-corrected chi connectivity index (χ1v) is 8.04. The average molecular weight is 293 g/mol. The van der Waals surface area contributed by atoms with Gasteiger partial charge in [-0.3, -0.25) is 0 Å². The first-order valence-electron chi connectivity index (χ1n) is 8.04. The van der Waals surface area contributed by atoms with E-state index >= 15 is 0 Å². The smallest absolute Gasteiger partial charge is 0.191 e. The zero-order valence-electron chi connectivity index (χ0n) is 12.9. The van der Waals surface area contributed by atoms with E-state index in [4.69, 9.17) is 9.15 Å². The molecule has 0 amide bonds. The molecule has 0 atom stereocenters. The second kappa shape index (κ2) is 9.45. The quantitative estimate of drug-likeness (QED) is 0.439. The van der Waals surface area contributed by atoms with Crippen LogP contribution < -0.4 is 10.6 Å². The van der Waals surface area contributed by atoms with E-state index in [1.165, 1.54) is 25.7 Å². The lowest BCUT2D eigenvalue weighted by atomic mass is 10.3. The Kier molecular flexibility index (Phi) is 7.15. The summed E-state index contributed by atoms with van der Waals surface area (Å²) in [7, 11) is 0. The van der Waals surface area contributed by atoms with Gasteiger partial charge in [-0.1, -0.05) is 12.8 Å². The molecule has 1 aromatic rings. The summed E-state index contributed by atoms with van der Waals surface area (Å²) in [5, 5.41) is 6.56. The summed E-state index contributed by atoms with van der Waals surface area (Å²) in [6, 6.07) is 3.81. The topological polar surface area (TPSA) is 58.8 Å². The number of rotatable bonds is 8. The monoisotopic (exact) mass is 293 g/mol. The van der Waals surface area contributed by atoms with Crippen LogP contribution in [0.5, 0.6) is 0 Å². The minimum Gasteiger partial charge on any atom is -0.467 e. The highest BCUT2D eigenvalue weighted by atomic mass is 16.5. The van der Waals surface area contributed by atoms with Crippen LogP contribution in [0, 0.1) is 0 Å². The van der Waals surface area contributed by atoms with E-state index in [0.717, 1.165) is 37.8 Å². The summed E-state index contributed by atoms with van der Waals surface area (Å²) in [5.41, 5.74) is 0. The second-order valence-corrected chi connectivity index (χ2v) is 5.33. The lowest BCUT2D eigenvalue weighted by Crippen LogP contribution is -2.38. The lowest BCUT2D eigenvalue weighted by Gasteiger charge is -2.13. The maximum Gasteiger partial charge on any atom is 0.191 e. The summed E-state index contributed by atoms with van der Waals surface area (Å²) in [6.07, 6.45) is 8.31. The van der Waals surface area contributed by atoms with Gasteiger partial charge in [-0.2, -0.15) is 0 Å². The number of nitrogens with zero attached hydrogens (tertiary/aromatic N) is 1. The van der Waals surface area contributed by atoms with Crippen molar-refractivity contribution in [2.45, 2.75) is 51.7 Å². The fourth-order valence-electron chi connectivity index (χ4n) is 2.49. The Morgan fingerprint density at radius 1 is 1.38 bits per heavy atom. The Labute approximate surface area is 127 Å². The molecule has 2 rings (SSSR count). The maximum absolute atomic E-state index is 5.85. The maximum atomic E-state index is 5.85. The SMILES string of the molecule is CCNC(=NCc1ccco1)NCCCOC1CCCC1. The summed E-state index contributed by atoms with van der Waals surface area (Å²) in [4.78, 5) is 4.49. The molecule has 0 unspecified atom stereocenters. The van der Waals surface area contributed by atoms with Crippen LogP contribution in [0.15, 0.2) is 27.8 Å². The van der Waals surface area contributed by atoms with Crippen LogP contribution in [0.25, 0.3) is 0 Å². The van der Waals surface area contributed by atoms with Crippen LogP contribution in [-0.2, 0) is 11.3 Å². The average Bonchev–Trinajstić information content (AvgIpc) is 3.17. The zero-order chi connectivity index (χ0) is 14.8.